The Labute approximate surface area is 104 Å². The van der Waals surface area contributed by atoms with Gasteiger partial charge < -0.3 is 14.7 Å². The van der Waals surface area contributed by atoms with Gasteiger partial charge in [0.15, 0.2) is 0 Å². The molecule has 1 fully saturated rings. The first-order valence-electron chi connectivity index (χ1n) is 4.85. The molecule has 0 radical (unpaired) electrons. The molecule has 2 amide bonds. The van der Waals surface area contributed by atoms with Gasteiger partial charge in [-0.15, -0.1) is 0 Å². The van der Waals surface area contributed by atoms with Crippen LogP contribution in [0.25, 0.3) is 0 Å². The topological polar surface area (TPSA) is 86.7 Å². The SMILES string of the molecule is CC(=O)NS1(C(=O)O)CC(Cl)=CN2C(=O)C[C@H]21. The highest BCUT2D eigenvalue weighted by Crippen LogP contribution is 2.59. The summed E-state index contributed by atoms with van der Waals surface area (Å²) >= 11 is 5.86. The van der Waals surface area contributed by atoms with Crippen LogP contribution in [0.3, 0.4) is 0 Å². The van der Waals surface area contributed by atoms with E-state index in [4.69, 9.17) is 11.6 Å². The lowest BCUT2D eigenvalue weighted by molar-refractivity contribution is -0.138. The largest absolute Gasteiger partial charge is 0.473 e. The van der Waals surface area contributed by atoms with Crippen LogP contribution in [0.15, 0.2) is 11.2 Å². The number of fused-ring (bicyclic) bond motifs is 1. The summed E-state index contributed by atoms with van der Waals surface area (Å²) in [7, 11) is -2.51. The number of hydrogen-bond acceptors (Lipinski definition) is 3. The van der Waals surface area contributed by atoms with E-state index in [1.54, 1.807) is 0 Å². The van der Waals surface area contributed by atoms with Crippen LogP contribution in [0, 0.1) is 0 Å². The van der Waals surface area contributed by atoms with E-state index in [1.807, 2.05) is 0 Å². The van der Waals surface area contributed by atoms with Crippen molar-refractivity contribution >= 4 is 38.9 Å². The summed E-state index contributed by atoms with van der Waals surface area (Å²) in [6.07, 6.45) is 1.59. The van der Waals surface area contributed by atoms with Gasteiger partial charge in [0.05, 0.1) is 6.42 Å². The second-order valence-corrected chi connectivity index (χ2v) is 7.36. The number of carboxylic acid groups (broad SMARTS) is 1. The Kier molecular flexibility index (Phi) is 2.82. The molecule has 2 atom stereocenters. The number of rotatable bonds is 0. The normalized spacial score (nSPS) is 34.9. The quantitative estimate of drug-likeness (QED) is 0.651. The molecule has 0 aromatic carbocycles. The van der Waals surface area contributed by atoms with E-state index in [-0.39, 0.29) is 23.1 Å². The Bertz CT molecular complexity index is 452. The number of carbonyl (C=O) groups excluding carboxylic acids is 2. The third-order valence-corrected chi connectivity index (χ3v) is 6.45. The fourth-order valence-corrected chi connectivity index (χ4v) is 5.46. The van der Waals surface area contributed by atoms with Crippen molar-refractivity contribution in [3.8, 4) is 0 Å². The van der Waals surface area contributed by atoms with Gasteiger partial charge in [-0.25, -0.2) is 4.79 Å². The van der Waals surface area contributed by atoms with Crippen LogP contribution < -0.4 is 4.72 Å². The zero-order valence-electron chi connectivity index (χ0n) is 8.97. The molecule has 6 nitrogen and oxygen atoms in total. The Morgan fingerprint density at radius 3 is 2.76 bits per heavy atom. The maximum atomic E-state index is 11.5. The van der Waals surface area contributed by atoms with E-state index in [9.17, 15) is 19.5 Å². The summed E-state index contributed by atoms with van der Waals surface area (Å²) in [5, 5.41) is 8.07. The average Bonchev–Trinajstić information content (AvgIpc) is 2.19. The Balaban J connectivity index is 2.40. The molecule has 2 aliphatic heterocycles. The van der Waals surface area contributed by atoms with Gasteiger partial charge in [0.2, 0.25) is 11.8 Å². The lowest BCUT2D eigenvalue weighted by Crippen LogP contribution is -2.59. The van der Waals surface area contributed by atoms with Crippen LogP contribution in [-0.2, 0) is 9.59 Å². The number of amides is 2. The molecule has 0 bridgehead atoms. The molecular formula is C9H11ClN2O4S. The lowest BCUT2D eigenvalue weighted by Gasteiger charge is -2.53. The standard InChI is InChI=1S/C9H11ClN2O4S/c1-5(13)11-17(9(15)16)4-6(10)3-12-7(14)2-8(12)17/h3,8H,2,4H2,1H3,(H,11,13)(H,15,16)/t8-/m1/s1. The molecule has 2 rings (SSSR count). The molecule has 8 heteroatoms. The van der Waals surface area contributed by atoms with Crippen molar-refractivity contribution in [3.63, 3.8) is 0 Å². The van der Waals surface area contributed by atoms with Crippen molar-refractivity contribution in [1.82, 2.24) is 9.62 Å². The third-order valence-electron chi connectivity index (χ3n) is 2.69. The van der Waals surface area contributed by atoms with Crippen molar-refractivity contribution in [2.24, 2.45) is 0 Å². The maximum absolute atomic E-state index is 11.5. The highest BCUT2D eigenvalue weighted by Gasteiger charge is 2.54. The number of halogens is 1. The summed E-state index contributed by atoms with van der Waals surface area (Å²) < 4.78 is 2.50. The molecule has 0 aromatic rings. The fraction of sp³-hybridized carbons (Fsp3) is 0.444. The predicted molar refractivity (Wildman–Crippen MR) is 63.5 cm³/mol. The van der Waals surface area contributed by atoms with Crippen molar-refractivity contribution in [2.45, 2.75) is 18.7 Å². The zero-order chi connectivity index (χ0) is 12.8. The van der Waals surface area contributed by atoms with Crippen LogP contribution in [0.5, 0.6) is 0 Å². The molecule has 0 saturated carbocycles. The van der Waals surface area contributed by atoms with Crippen molar-refractivity contribution < 1.29 is 19.5 Å². The monoisotopic (exact) mass is 278 g/mol. The molecule has 1 unspecified atom stereocenters. The van der Waals surface area contributed by atoms with E-state index in [1.165, 1.54) is 18.0 Å². The second-order valence-electron chi connectivity index (χ2n) is 3.90. The first-order chi connectivity index (χ1) is 7.86. The minimum atomic E-state index is -2.51. The molecule has 2 aliphatic rings. The molecule has 1 saturated heterocycles. The molecule has 17 heavy (non-hydrogen) atoms. The first kappa shape index (κ1) is 12.3. The minimum absolute atomic E-state index is 0.0813. The van der Waals surface area contributed by atoms with Crippen LogP contribution in [0.1, 0.15) is 13.3 Å². The highest BCUT2D eigenvalue weighted by atomic mass is 35.5. The van der Waals surface area contributed by atoms with Crippen molar-refractivity contribution in [1.29, 1.82) is 0 Å². The van der Waals surface area contributed by atoms with Gasteiger partial charge in [-0.1, -0.05) is 11.6 Å². The smallest absolute Gasteiger partial charge is 0.366 e. The van der Waals surface area contributed by atoms with Gasteiger partial charge in [-0.2, -0.15) is 0 Å². The summed E-state index contributed by atoms with van der Waals surface area (Å²) in [5.74, 6) is -0.512. The van der Waals surface area contributed by atoms with Gasteiger partial charge >= 0.3 is 5.30 Å². The third kappa shape index (κ3) is 1.79. The van der Waals surface area contributed by atoms with Crippen LogP contribution in [-0.4, -0.2) is 38.2 Å². The number of carbonyl (C=O) groups is 3. The number of nitrogens with zero attached hydrogens (tertiary/aromatic N) is 1. The molecule has 2 N–H and O–H groups in total. The molecule has 94 valence electrons. The molecule has 2 heterocycles. The van der Waals surface area contributed by atoms with Gasteiger partial charge in [0, 0.05) is 23.9 Å². The number of hydrogen-bond donors (Lipinski definition) is 2. The highest BCUT2D eigenvalue weighted by molar-refractivity contribution is 8.44. The second kappa shape index (κ2) is 3.92. The van der Waals surface area contributed by atoms with Gasteiger partial charge in [-0.05, 0) is 10.2 Å². The van der Waals surface area contributed by atoms with E-state index in [0.29, 0.717) is 0 Å². The Hall–Kier alpha value is -1.21. The number of β-lactam (4-membered cyclic amide) rings is 1. The maximum Gasteiger partial charge on any atom is 0.366 e. The van der Waals surface area contributed by atoms with Crippen molar-refractivity contribution in [2.75, 3.05) is 5.75 Å². The minimum Gasteiger partial charge on any atom is -0.473 e. The molecule has 0 aromatic heterocycles. The summed E-state index contributed by atoms with van der Waals surface area (Å²) in [6, 6.07) is 0. The number of nitrogens with one attached hydrogen (secondary N) is 1. The zero-order valence-corrected chi connectivity index (χ0v) is 10.5. The molecule has 0 aliphatic carbocycles. The van der Waals surface area contributed by atoms with Gasteiger partial charge in [0.1, 0.15) is 5.37 Å². The van der Waals surface area contributed by atoms with Gasteiger partial charge in [-0.3, -0.25) is 9.59 Å². The van der Waals surface area contributed by atoms with E-state index < -0.39 is 26.8 Å². The van der Waals surface area contributed by atoms with Crippen LogP contribution in [0.2, 0.25) is 0 Å². The molecule has 0 spiro atoms. The first-order valence-corrected chi connectivity index (χ1v) is 7.09. The lowest BCUT2D eigenvalue weighted by atomic mass is 10.2. The summed E-state index contributed by atoms with van der Waals surface area (Å²) in [6.45, 7) is 1.26. The van der Waals surface area contributed by atoms with Crippen LogP contribution >= 0.6 is 21.8 Å². The summed E-state index contributed by atoms with van der Waals surface area (Å²) in [5.41, 5.74) is 0. The fourth-order valence-electron chi connectivity index (χ4n) is 1.98. The average molecular weight is 279 g/mol. The Morgan fingerprint density at radius 1 is 1.65 bits per heavy atom. The van der Waals surface area contributed by atoms with Crippen molar-refractivity contribution in [3.05, 3.63) is 11.2 Å². The summed E-state index contributed by atoms with van der Waals surface area (Å²) in [4.78, 5) is 35.3. The van der Waals surface area contributed by atoms with Crippen LogP contribution in [0.4, 0.5) is 4.79 Å². The van der Waals surface area contributed by atoms with E-state index >= 15 is 0 Å². The molecular weight excluding hydrogens is 268 g/mol. The Morgan fingerprint density at radius 2 is 2.29 bits per heavy atom. The van der Waals surface area contributed by atoms with E-state index in [2.05, 4.69) is 4.72 Å². The van der Waals surface area contributed by atoms with Gasteiger partial charge in [0.25, 0.3) is 0 Å². The van der Waals surface area contributed by atoms with E-state index in [0.717, 1.165) is 0 Å². The predicted octanol–water partition coefficient (Wildman–Crippen LogP) is 1.17.